The Bertz CT molecular complexity index is 1410. The van der Waals surface area contributed by atoms with E-state index in [4.69, 9.17) is 17.2 Å². The number of carbonyl (C=O) groups excluding carboxylic acids is 5. The van der Waals surface area contributed by atoms with Crippen LogP contribution in [0, 0.1) is 5.92 Å². The third-order valence-electron chi connectivity index (χ3n) is 9.39. The molecule has 316 valence electrons. The summed E-state index contributed by atoms with van der Waals surface area (Å²) in [4.78, 5) is 80.6. The predicted octanol–water partition coefficient (Wildman–Crippen LogP) is 1.62. The molecule has 0 aliphatic heterocycles. The Morgan fingerprint density at radius 2 is 1.30 bits per heavy atom. The van der Waals surface area contributed by atoms with Crippen LogP contribution < -0.4 is 43.8 Å². The van der Waals surface area contributed by atoms with E-state index in [1.54, 1.807) is 18.2 Å². The van der Waals surface area contributed by atoms with Gasteiger partial charge in [-0.05, 0) is 114 Å². The minimum atomic E-state index is -1.58. The van der Waals surface area contributed by atoms with Gasteiger partial charge in [0, 0.05) is 6.42 Å². The second kappa shape index (κ2) is 26.3. The van der Waals surface area contributed by atoms with Crippen LogP contribution in [0.1, 0.15) is 110 Å². The minimum absolute atomic E-state index is 0.0000837. The van der Waals surface area contributed by atoms with E-state index in [2.05, 4.69) is 33.2 Å². The van der Waals surface area contributed by atoms with Crippen molar-refractivity contribution in [1.82, 2.24) is 26.6 Å². The number of aromatic hydroxyl groups is 1. The normalized spacial score (nSPS) is 14.9. The maximum atomic E-state index is 14.1. The van der Waals surface area contributed by atoms with Gasteiger partial charge >= 0.3 is 5.97 Å². The van der Waals surface area contributed by atoms with Gasteiger partial charge in [-0.3, -0.25) is 24.0 Å². The van der Waals surface area contributed by atoms with Crippen LogP contribution >= 0.6 is 0 Å². The predicted molar refractivity (Wildman–Crippen MR) is 216 cm³/mol. The van der Waals surface area contributed by atoms with Gasteiger partial charge in [0.1, 0.15) is 35.5 Å². The first-order chi connectivity index (χ1) is 26.5. The van der Waals surface area contributed by atoms with Crippen LogP contribution in [0.5, 0.6) is 5.75 Å². The van der Waals surface area contributed by atoms with Crippen molar-refractivity contribution in [2.75, 3.05) is 13.1 Å². The fourth-order valence-corrected chi connectivity index (χ4v) is 6.14. The summed E-state index contributed by atoms with van der Waals surface area (Å²) >= 11 is 0. The molecule has 1 unspecified atom stereocenters. The highest BCUT2D eigenvalue weighted by molar-refractivity contribution is 5.98. The maximum Gasteiger partial charge on any atom is 0.326 e. The quantitative estimate of drug-likeness (QED) is 0.0411. The molecule has 0 saturated heterocycles. The fourth-order valence-electron chi connectivity index (χ4n) is 6.14. The van der Waals surface area contributed by atoms with Gasteiger partial charge in [-0.2, -0.15) is 0 Å². The monoisotopic (exact) mass is 789 g/mol. The van der Waals surface area contributed by atoms with E-state index in [1.807, 2.05) is 20.8 Å². The van der Waals surface area contributed by atoms with Gasteiger partial charge in [-0.1, -0.05) is 45.4 Å². The number of amides is 5. The number of carboxylic acid groups (broad SMARTS) is 1. The average Bonchev–Trinajstić information content (AvgIpc) is 3.14. The number of hydrogen-bond donors (Lipinski definition) is 10. The highest BCUT2D eigenvalue weighted by Crippen LogP contribution is 2.18. The van der Waals surface area contributed by atoms with Gasteiger partial charge < -0.3 is 54.0 Å². The number of nitrogens with one attached hydrogen (secondary N) is 5. The molecule has 5 amide bonds. The highest BCUT2D eigenvalue weighted by atomic mass is 16.4. The molecule has 0 fully saturated rings. The van der Waals surface area contributed by atoms with E-state index in [0.29, 0.717) is 70.0 Å². The van der Waals surface area contributed by atoms with Crippen LogP contribution in [0.3, 0.4) is 0 Å². The molecule has 56 heavy (non-hydrogen) atoms. The Morgan fingerprint density at radius 1 is 0.768 bits per heavy atom. The van der Waals surface area contributed by atoms with Gasteiger partial charge in [0.2, 0.25) is 29.5 Å². The van der Waals surface area contributed by atoms with E-state index >= 15 is 0 Å². The van der Waals surface area contributed by atoms with Crippen LogP contribution in [-0.4, -0.2) is 94.6 Å². The van der Waals surface area contributed by atoms with Crippen molar-refractivity contribution in [3.8, 4) is 5.75 Å². The molecular formula is C40H68N8O8. The number of benzene rings is 1. The van der Waals surface area contributed by atoms with Gasteiger partial charge in [0.25, 0.3) is 0 Å². The van der Waals surface area contributed by atoms with Crippen molar-refractivity contribution < 1.29 is 39.0 Å². The zero-order valence-corrected chi connectivity index (χ0v) is 33.7. The number of unbranched alkanes of at least 4 members (excludes halogenated alkanes) is 3. The molecule has 1 aromatic rings. The zero-order valence-electron chi connectivity index (χ0n) is 33.7. The first kappa shape index (κ1) is 49.5. The second-order valence-electron chi connectivity index (χ2n) is 15.0. The van der Waals surface area contributed by atoms with Crippen LogP contribution in [0.2, 0.25) is 0 Å². The van der Waals surface area contributed by atoms with E-state index in [9.17, 15) is 39.0 Å². The summed E-state index contributed by atoms with van der Waals surface area (Å²) in [7, 11) is 0. The topological polar surface area (TPSA) is 281 Å². The molecule has 16 heteroatoms. The van der Waals surface area contributed by atoms with E-state index in [0.717, 1.165) is 0 Å². The summed E-state index contributed by atoms with van der Waals surface area (Å²) in [5.41, 5.74) is 16.5. The van der Waals surface area contributed by atoms with Gasteiger partial charge in [0.15, 0.2) is 0 Å². The summed E-state index contributed by atoms with van der Waals surface area (Å²) in [6, 6.07) is 0.589. The van der Waals surface area contributed by atoms with Crippen molar-refractivity contribution in [2.24, 2.45) is 23.1 Å². The summed E-state index contributed by atoms with van der Waals surface area (Å²) in [6.45, 7) is 11.4. The van der Waals surface area contributed by atoms with Crippen LogP contribution in [-0.2, 0) is 35.2 Å². The summed E-state index contributed by atoms with van der Waals surface area (Å²) < 4.78 is 0. The Balaban J connectivity index is 3.39. The molecule has 0 aliphatic carbocycles. The Kier molecular flexibility index (Phi) is 23.3. The molecule has 0 saturated carbocycles. The third-order valence-corrected chi connectivity index (χ3v) is 9.39. The Labute approximate surface area is 331 Å². The van der Waals surface area contributed by atoms with Gasteiger partial charge in [-0.25, -0.2) is 4.79 Å². The number of phenolic OH excluding ortho intramolecular Hbond substituents is 1. The first-order valence-corrected chi connectivity index (χ1v) is 19.8. The minimum Gasteiger partial charge on any atom is -0.508 e. The largest absolute Gasteiger partial charge is 0.508 e. The lowest BCUT2D eigenvalue weighted by molar-refractivity contribution is -0.143. The molecule has 0 radical (unpaired) electrons. The van der Waals surface area contributed by atoms with Crippen LogP contribution in [0.25, 0.3) is 0 Å². The molecule has 13 N–H and O–H groups in total. The van der Waals surface area contributed by atoms with E-state index in [1.165, 1.54) is 19.1 Å². The molecular weight excluding hydrogens is 720 g/mol. The van der Waals surface area contributed by atoms with E-state index < -0.39 is 71.3 Å². The fraction of sp³-hybridized carbons (Fsp3) is 0.650. The number of nitrogens with two attached hydrogens (primary N) is 3. The van der Waals surface area contributed by atoms with Crippen molar-refractivity contribution in [1.29, 1.82) is 0 Å². The SMILES string of the molecule is C=CCCC[C@H](N)C(=O)N[C@@H](CCCCN)C(=O)N[C@@H](CCCCN)C(=O)NC(C)(CCC)C(=O)N[C@@H](Cc1ccc(O)cc1)C(=O)N[C@@H](CC(C)C)C(=O)O. The van der Waals surface area contributed by atoms with Crippen molar-refractivity contribution in [3.63, 3.8) is 0 Å². The molecule has 16 nitrogen and oxygen atoms in total. The number of phenols is 1. The molecule has 6 atom stereocenters. The molecule has 0 spiro atoms. The molecule has 1 aromatic carbocycles. The molecule has 0 heterocycles. The maximum absolute atomic E-state index is 14.1. The Morgan fingerprint density at radius 3 is 1.82 bits per heavy atom. The van der Waals surface area contributed by atoms with Gasteiger partial charge in [0.05, 0.1) is 6.04 Å². The number of hydrogen-bond acceptors (Lipinski definition) is 10. The first-order valence-electron chi connectivity index (χ1n) is 19.8. The lowest BCUT2D eigenvalue weighted by Crippen LogP contribution is -2.64. The summed E-state index contributed by atoms with van der Waals surface area (Å²) in [5.74, 6) is -4.46. The Hall–Kier alpha value is -4.54. The molecule has 0 bridgehead atoms. The average molecular weight is 789 g/mol. The highest BCUT2D eigenvalue weighted by Gasteiger charge is 2.39. The third kappa shape index (κ3) is 18.4. The van der Waals surface area contributed by atoms with Crippen molar-refractivity contribution in [2.45, 2.75) is 147 Å². The number of carbonyl (C=O) groups is 6. The number of allylic oxidation sites excluding steroid dienone is 1. The van der Waals surface area contributed by atoms with Crippen molar-refractivity contribution >= 4 is 35.5 Å². The number of carboxylic acids is 1. The molecule has 0 aromatic heterocycles. The second-order valence-corrected chi connectivity index (χ2v) is 15.0. The lowest BCUT2D eigenvalue weighted by Gasteiger charge is -2.33. The summed E-state index contributed by atoms with van der Waals surface area (Å²) in [6.07, 6.45) is 6.78. The lowest BCUT2D eigenvalue weighted by atomic mass is 9.92. The molecule has 1 rings (SSSR count). The van der Waals surface area contributed by atoms with Crippen LogP contribution in [0.15, 0.2) is 36.9 Å². The van der Waals surface area contributed by atoms with Crippen molar-refractivity contribution in [3.05, 3.63) is 42.5 Å². The standard InChI is InChI=1S/C40H68N8O8/c1-6-8-9-14-29(43)34(50)44-30(15-10-12-22-41)35(51)45-31(16-11-13-23-42)37(53)48-40(5,21-7-2)39(56)47-32(25-27-17-19-28(49)20-18-27)36(52)46-33(38(54)55)24-26(3)4/h6,17-20,26,29-33,49H,1,7-16,21-25,41-43H2,2-5H3,(H,44,50)(H,45,51)(H,46,52)(H,47,56)(H,48,53)(H,54,55)/t29-,30-,31-,32-,33-,40?/m0/s1. The smallest absolute Gasteiger partial charge is 0.326 e. The zero-order chi connectivity index (χ0) is 42.3. The number of rotatable bonds is 29. The van der Waals surface area contributed by atoms with E-state index in [-0.39, 0.29) is 43.8 Å². The molecule has 0 aliphatic rings. The van der Waals surface area contributed by atoms with Crippen LogP contribution in [0.4, 0.5) is 0 Å². The number of aliphatic carboxylic acids is 1. The summed E-state index contributed by atoms with van der Waals surface area (Å²) in [5, 5.41) is 33.2. The van der Waals surface area contributed by atoms with Gasteiger partial charge in [-0.15, -0.1) is 6.58 Å².